The van der Waals surface area contributed by atoms with Crippen molar-refractivity contribution in [2.24, 2.45) is 0 Å². The Balaban J connectivity index is 1.85. The maximum absolute atomic E-state index is 12.1. The van der Waals surface area contributed by atoms with Crippen LogP contribution in [-0.4, -0.2) is 53.1 Å². The van der Waals surface area contributed by atoms with E-state index in [0.29, 0.717) is 6.42 Å². The first-order valence-electron chi connectivity index (χ1n) is 8.40. The number of esters is 1. The van der Waals surface area contributed by atoms with E-state index in [9.17, 15) is 19.7 Å². The molecule has 0 aromatic heterocycles. The van der Waals surface area contributed by atoms with Gasteiger partial charge in [-0.15, -0.1) is 0 Å². The number of rotatable bonds is 8. The maximum Gasteiger partial charge on any atom is 0.339 e. The molecule has 0 bridgehead atoms. The first kappa shape index (κ1) is 18.9. The number of carboxylic acid groups (broad SMARTS) is 1. The molecule has 8 heteroatoms. The van der Waals surface area contributed by atoms with Crippen molar-refractivity contribution in [3.05, 3.63) is 39.4 Å². The molecule has 0 spiro atoms. The molecule has 0 saturated carbocycles. The number of carboxylic acids is 1. The van der Waals surface area contributed by atoms with Crippen LogP contribution in [-0.2, 0) is 4.74 Å². The molecule has 0 unspecified atom stereocenters. The first-order valence-corrected chi connectivity index (χ1v) is 8.40. The van der Waals surface area contributed by atoms with Gasteiger partial charge in [-0.25, -0.2) is 9.59 Å². The van der Waals surface area contributed by atoms with Gasteiger partial charge in [0.2, 0.25) is 0 Å². The molecule has 25 heavy (non-hydrogen) atoms. The Kier molecular flexibility index (Phi) is 6.88. The van der Waals surface area contributed by atoms with Crippen molar-refractivity contribution in [2.45, 2.75) is 32.1 Å². The Morgan fingerprint density at radius 2 is 1.88 bits per heavy atom. The number of nitro groups is 1. The van der Waals surface area contributed by atoms with Gasteiger partial charge in [-0.1, -0.05) is 6.42 Å². The summed E-state index contributed by atoms with van der Waals surface area (Å²) in [4.78, 5) is 35.8. The number of nitro benzene ring substituents is 1. The van der Waals surface area contributed by atoms with Gasteiger partial charge in [-0.05, 0) is 51.4 Å². The highest BCUT2D eigenvalue weighted by molar-refractivity contribution is 6.03. The molecular formula is C17H22N2O6. The van der Waals surface area contributed by atoms with Crippen LogP contribution < -0.4 is 0 Å². The second kappa shape index (κ2) is 9.12. The van der Waals surface area contributed by atoms with Crippen molar-refractivity contribution >= 4 is 17.6 Å². The van der Waals surface area contributed by atoms with Crippen LogP contribution in [0.25, 0.3) is 0 Å². The number of non-ortho nitro benzene ring substituents is 1. The molecule has 1 aromatic carbocycles. The lowest BCUT2D eigenvalue weighted by Crippen LogP contribution is -2.30. The quantitative estimate of drug-likeness (QED) is 0.332. The fourth-order valence-electron chi connectivity index (χ4n) is 2.86. The number of ether oxygens (including phenoxy) is 1. The Morgan fingerprint density at radius 3 is 2.52 bits per heavy atom. The molecule has 1 saturated heterocycles. The highest BCUT2D eigenvalue weighted by atomic mass is 16.6. The molecule has 1 aromatic rings. The van der Waals surface area contributed by atoms with Crippen LogP contribution >= 0.6 is 0 Å². The molecule has 0 aliphatic carbocycles. The highest BCUT2D eigenvalue weighted by Crippen LogP contribution is 2.19. The lowest BCUT2D eigenvalue weighted by atomic mass is 10.1. The summed E-state index contributed by atoms with van der Waals surface area (Å²) in [6.07, 6.45) is 5.27. The summed E-state index contributed by atoms with van der Waals surface area (Å²) in [6.45, 7) is 3.33. The Labute approximate surface area is 145 Å². The standard InChI is InChI=1S/C17H22N2O6/c20-16(21)14-7-6-13(19(23)24)12-15(14)17(22)25-11-5-4-10-18-8-2-1-3-9-18/h6-7,12H,1-5,8-11H2,(H,20,21). The van der Waals surface area contributed by atoms with Crippen LogP contribution in [0, 0.1) is 10.1 Å². The number of carbonyl (C=O) groups excluding carboxylic acids is 1. The normalized spacial score (nSPS) is 14.9. The molecule has 0 radical (unpaired) electrons. The van der Waals surface area contributed by atoms with E-state index in [1.165, 1.54) is 19.3 Å². The van der Waals surface area contributed by atoms with Gasteiger partial charge in [0.1, 0.15) is 0 Å². The van der Waals surface area contributed by atoms with E-state index in [4.69, 9.17) is 9.84 Å². The van der Waals surface area contributed by atoms with Crippen LogP contribution in [0.2, 0.25) is 0 Å². The molecular weight excluding hydrogens is 328 g/mol. The fourth-order valence-corrected chi connectivity index (χ4v) is 2.86. The highest BCUT2D eigenvalue weighted by Gasteiger charge is 2.21. The lowest BCUT2D eigenvalue weighted by molar-refractivity contribution is -0.384. The van der Waals surface area contributed by atoms with Gasteiger partial charge in [-0.2, -0.15) is 0 Å². The van der Waals surface area contributed by atoms with Crippen molar-refractivity contribution in [1.29, 1.82) is 0 Å². The second-order valence-corrected chi connectivity index (χ2v) is 6.04. The molecule has 1 N–H and O–H groups in total. The Morgan fingerprint density at radius 1 is 1.16 bits per heavy atom. The Hall–Kier alpha value is -2.48. The second-order valence-electron chi connectivity index (χ2n) is 6.04. The van der Waals surface area contributed by atoms with E-state index >= 15 is 0 Å². The molecule has 1 aliphatic rings. The van der Waals surface area contributed by atoms with Gasteiger partial charge < -0.3 is 14.7 Å². The minimum atomic E-state index is -1.33. The predicted octanol–water partition coefficient (Wildman–Crippen LogP) is 2.72. The molecule has 8 nitrogen and oxygen atoms in total. The fraction of sp³-hybridized carbons (Fsp3) is 0.529. The maximum atomic E-state index is 12.1. The number of unbranched alkanes of at least 4 members (excludes halogenated alkanes) is 1. The van der Waals surface area contributed by atoms with Crippen LogP contribution in [0.4, 0.5) is 5.69 Å². The van der Waals surface area contributed by atoms with Gasteiger partial charge in [0, 0.05) is 12.1 Å². The molecule has 2 rings (SSSR count). The van der Waals surface area contributed by atoms with Crippen molar-refractivity contribution < 1.29 is 24.4 Å². The van der Waals surface area contributed by atoms with Gasteiger partial charge in [0.05, 0.1) is 22.7 Å². The number of benzene rings is 1. The van der Waals surface area contributed by atoms with Crippen LogP contribution in [0.5, 0.6) is 0 Å². The molecule has 1 aliphatic heterocycles. The monoisotopic (exact) mass is 350 g/mol. The van der Waals surface area contributed by atoms with Gasteiger partial charge >= 0.3 is 11.9 Å². The zero-order chi connectivity index (χ0) is 18.2. The van der Waals surface area contributed by atoms with Crippen LogP contribution in [0.1, 0.15) is 52.8 Å². The van der Waals surface area contributed by atoms with E-state index in [1.807, 2.05) is 0 Å². The predicted molar refractivity (Wildman–Crippen MR) is 89.9 cm³/mol. The van der Waals surface area contributed by atoms with E-state index in [-0.39, 0.29) is 23.4 Å². The van der Waals surface area contributed by atoms with Crippen LogP contribution in [0.3, 0.4) is 0 Å². The van der Waals surface area contributed by atoms with Crippen molar-refractivity contribution in [3.63, 3.8) is 0 Å². The average molecular weight is 350 g/mol. The number of aromatic carboxylic acids is 1. The summed E-state index contributed by atoms with van der Waals surface area (Å²) >= 11 is 0. The average Bonchev–Trinajstić information content (AvgIpc) is 2.61. The topological polar surface area (TPSA) is 110 Å². The molecule has 0 amide bonds. The van der Waals surface area contributed by atoms with E-state index in [2.05, 4.69) is 4.90 Å². The third-order valence-corrected chi connectivity index (χ3v) is 4.21. The minimum absolute atomic E-state index is 0.161. The number of hydrogen-bond donors (Lipinski definition) is 1. The third kappa shape index (κ3) is 5.53. The summed E-state index contributed by atoms with van der Waals surface area (Å²) < 4.78 is 5.10. The SMILES string of the molecule is O=C(O)c1ccc([N+](=O)[O-])cc1C(=O)OCCCCN1CCCCC1. The third-order valence-electron chi connectivity index (χ3n) is 4.21. The number of piperidine rings is 1. The van der Waals surface area contributed by atoms with Crippen LogP contribution in [0.15, 0.2) is 18.2 Å². The van der Waals surface area contributed by atoms with E-state index < -0.39 is 16.9 Å². The summed E-state index contributed by atoms with van der Waals surface area (Å²) in [5, 5.41) is 19.9. The van der Waals surface area contributed by atoms with Crippen molar-refractivity contribution in [3.8, 4) is 0 Å². The number of likely N-dealkylation sites (tertiary alicyclic amines) is 1. The molecule has 1 fully saturated rings. The van der Waals surface area contributed by atoms with Crippen molar-refractivity contribution in [2.75, 3.05) is 26.2 Å². The lowest BCUT2D eigenvalue weighted by Gasteiger charge is -2.26. The summed E-state index contributed by atoms with van der Waals surface area (Å²) in [5.74, 6) is -2.17. The Bertz CT molecular complexity index is 640. The van der Waals surface area contributed by atoms with Gasteiger partial charge in [-0.3, -0.25) is 10.1 Å². The van der Waals surface area contributed by atoms with Gasteiger partial charge in [0.15, 0.2) is 0 Å². The van der Waals surface area contributed by atoms with Gasteiger partial charge in [0.25, 0.3) is 5.69 Å². The van der Waals surface area contributed by atoms with Crippen molar-refractivity contribution in [1.82, 2.24) is 4.90 Å². The first-order chi connectivity index (χ1) is 12.0. The van der Waals surface area contributed by atoms with E-state index in [0.717, 1.165) is 44.3 Å². The van der Waals surface area contributed by atoms with E-state index in [1.54, 1.807) is 0 Å². The molecule has 136 valence electrons. The zero-order valence-corrected chi connectivity index (χ0v) is 14.0. The zero-order valence-electron chi connectivity index (χ0n) is 14.0. The molecule has 0 atom stereocenters. The number of carbonyl (C=O) groups is 2. The summed E-state index contributed by atoms with van der Waals surface area (Å²) in [6, 6.07) is 3.05. The number of hydrogen-bond acceptors (Lipinski definition) is 6. The summed E-state index contributed by atoms with van der Waals surface area (Å²) in [7, 11) is 0. The number of nitrogens with zero attached hydrogens (tertiary/aromatic N) is 2. The summed E-state index contributed by atoms with van der Waals surface area (Å²) in [5.41, 5.74) is -0.941. The largest absolute Gasteiger partial charge is 0.478 e. The minimum Gasteiger partial charge on any atom is -0.478 e. The molecule has 1 heterocycles. The smallest absolute Gasteiger partial charge is 0.339 e.